The van der Waals surface area contributed by atoms with Crippen molar-refractivity contribution in [3.05, 3.63) is 81.5 Å². The molecular weight excluding hydrogens is 456 g/mol. The third-order valence-electron chi connectivity index (χ3n) is 5.32. The van der Waals surface area contributed by atoms with Crippen LogP contribution in [-0.4, -0.2) is 27.4 Å². The van der Waals surface area contributed by atoms with Gasteiger partial charge in [-0.15, -0.1) is 0 Å². The van der Waals surface area contributed by atoms with Crippen LogP contribution in [0.1, 0.15) is 12.0 Å². The number of halogens is 1. The monoisotopic (exact) mass is 480 g/mol. The largest absolute Gasteiger partial charge is 0.493 e. The molecule has 0 saturated carbocycles. The summed E-state index contributed by atoms with van der Waals surface area (Å²) in [6.07, 6.45) is 0.576. The molecule has 34 heavy (non-hydrogen) atoms. The minimum Gasteiger partial charge on any atom is -0.493 e. The second-order valence-corrected chi connectivity index (χ2v) is 8.03. The lowest BCUT2D eigenvalue weighted by Crippen LogP contribution is -2.13. The third-order valence-corrected chi connectivity index (χ3v) is 5.73. The van der Waals surface area contributed by atoms with Gasteiger partial charge in [0.15, 0.2) is 17.3 Å². The summed E-state index contributed by atoms with van der Waals surface area (Å²) in [5.41, 5.74) is 1.57. The summed E-state index contributed by atoms with van der Waals surface area (Å²) < 4.78 is 28.6. The van der Waals surface area contributed by atoms with E-state index in [1.807, 2.05) is 37.3 Å². The SMILES string of the molecule is COc1ccc(-c2oc3cc(C)c(Cl)cc3c(=O)c2OCCCOc2ccccc2)cc1OC. The third kappa shape index (κ3) is 4.97. The fourth-order valence-corrected chi connectivity index (χ4v) is 3.70. The number of aryl methyl sites for hydroxylation is 1. The van der Waals surface area contributed by atoms with Crippen LogP contribution in [0.3, 0.4) is 0 Å². The van der Waals surface area contributed by atoms with Gasteiger partial charge in [0, 0.05) is 17.0 Å². The fraction of sp³-hybridized carbons (Fsp3) is 0.222. The maximum absolute atomic E-state index is 13.4. The van der Waals surface area contributed by atoms with Crippen molar-refractivity contribution < 1.29 is 23.4 Å². The van der Waals surface area contributed by atoms with E-state index in [2.05, 4.69) is 0 Å². The van der Waals surface area contributed by atoms with Crippen molar-refractivity contribution in [3.8, 4) is 34.3 Å². The average molecular weight is 481 g/mol. The van der Waals surface area contributed by atoms with Crippen molar-refractivity contribution in [3.63, 3.8) is 0 Å². The van der Waals surface area contributed by atoms with E-state index in [0.717, 1.165) is 11.3 Å². The highest BCUT2D eigenvalue weighted by Crippen LogP contribution is 2.37. The molecule has 0 bridgehead atoms. The van der Waals surface area contributed by atoms with E-state index in [9.17, 15) is 4.79 Å². The fourth-order valence-electron chi connectivity index (χ4n) is 3.54. The molecule has 0 amide bonds. The van der Waals surface area contributed by atoms with Gasteiger partial charge in [0.25, 0.3) is 0 Å². The van der Waals surface area contributed by atoms with E-state index in [0.29, 0.717) is 51.8 Å². The molecule has 0 N–H and O–H groups in total. The van der Waals surface area contributed by atoms with Gasteiger partial charge in [0.2, 0.25) is 11.2 Å². The molecule has 0 aliphatic rings. The Bertz CT molecular complexity index is 1350. The lowest BCUT2D eigenvalue weighted by Gasteiger charge is -2.14. The Labute approximate surface area is 202 Å². The van der Waals surface area contributed by atoms with E-state index < -0.39 is 0 Å². The zero-order valence-corrected chi connectivity index (χ0v) is 20.0. The molecule has 0 fully saturated rings. The van der Waals surface area contributed by atoms with Crippen molar-refractivity contribution >= 4 is 22.6 Å². The predicted octanol–water partition coefficient (Wildman–Crippen LogP) is 6.29. The van der Waals surface area contributed by atoms with Crippen molar-refractivity contribution in [1.82, 2.24) is 0 Å². The van der Waals surface area contributed by atoms with Gasteiger partial charge in [0.1, 0.15) is 11.3 Å². The van der Waals surface area contributed by atoms with Gasteiger partial charge in [-0.05, 0) is 55.0 Å². The molecule has 0 atom stereocenters. The second-order valence-electron chi connectivity index (χ2n) is 7.62. The van der Waals surface area contributed by atoms with Crippen molar-refractivity contribution in [1.29, 1.82) is 0 Å². The summed E-state index contributed by atoms with van der Waals surface area (Å²) in [6, 6.07) is 18.2. The summed E-state index contributed by atoms with van der Waals surface area (Å²) in [4.78, 5) is 13.4. The van der Waals surface area contributed by atoms with Gasteiger partial charge in [-0.1, -0.05) is 29.8 Å². The van der Waals surface area contributed by atoms with Crippen molar-refractivity contribution in [2.75, 3.05) is 27.4 Å². The molecule has 0 radical (unpaired) electrons. The quantitative estimate of drug-likeness (QED) is 0.262. The maximum atomic E-state index is 13.4. The number of rotatable bonds is 9. The Morgan fingerprint density at radius 1 is 0.882 bits per heavy atom. The normalized spacial score (nSPS) is 10.8. The Balaban J connectivity index is 1.67. The van der Waals surface area contributed by atoms with Crippen LogP contribution in [0, 0.1) is 6.92 Å². The lowest BCUT2D eigenvalue weighted by atomic mass is 10.1. The zero-order valence-electron chi connectivity index (χ0n) is 19.2. The van der Waals surface area contributed by atoms with Crippen molar-refractivity contribution in [2.24, 2.45) is 0 Å². The second kappa shape index (κ2) is 10.5. The highest BCUT2D eigenvalue weighted by Gasteiger charge is 2.20. The van der Waals surface area contributed by atoms with Gasteiger partial charge < -0.3 is 23.4 Å². The van der Waals surface area contributed by atoms with Crippen LogP contribution in [0.4, 0.5) is 0 Å². The molecule has 6 nitrogen and oxygen atoms in total. The topological polar surface area (TPSA) is 67.1 Å². The number of hydrogen-bond donors (Lipinski definition) is 0. The van der Waals surface area contributed by atoms with Gasteiger partial charge in [-0.2, -0.15) is 0 Å². The molecule has 4 rings (SSSR count). The van der Waals surface area contributed by atoms with Gasteiger partial charge in [-0.25, -0.2) is 0 Å². The van der Waals surface area contributed by atoms with Crippen molar-refractivity contribution in [2.45, 2.75) is 13.3 Å². The molecule has 1 heterocycles. The number of fused-ring (bicyclic) bond motifs is 1. The van der Waals surface area contributed by atoms with Gasteiger partial charge in [-0.3, -0.25) is 4.79 Å². The van der Waals surface area contributed by atoms with Crippen LogP contribution >= 0.6 is 11.6 Å². The van der Waals surface area contributed by atoms with Gasteiger partial charge >= 0.3 is 0 Å². The molecule has 0 aliphatic carbocycles. The zero-order chi connectivity index (χ0) is 24.1. The molecule has 0 spiro atoms. The predicted molar refractivity (Wildman–Crippen MR) is 133 cm³/mol. The first-order valence-corrected chi connectivity index (χ1v) is 11.2. The first kappa shape index (κ1) is 23.5. The summed E-state index contributed by atoms with van der Waals surface area (Å²) >= 11 is 6.28. The Morgan fingerprint density at radius 3 is 2.35 bits per heavy atom. The molecular formula is C27H25ClO6. The molecule has 1 aromatic heterocycles. The maximum Gasteiger partial charge on any atom is 0.235 e. The summed E-state index contributed by atoms with van der Waals surface area (Å²) in [5, 5.41) is 0.844. The van der Waals surface area contributed by atoms with Crippen LogP contribution in [0.25, 0.3) is 22.3 Å². The lowest BCUT2D eigenvalue weighted by molar-refractivity contribution is 0.244. The van der Waals surface area contributed by atoms with Crippen LogP contribution in [0.5, 0.6) is 23.0 Å². The number of benzene rings is 3. The Morgan fingerprint density at radius 2 is 1.62 bits per heavy atom. The number of methoxy groups -OCH3 is 2. The van der Waals surface area contributed by atoms with Crippen LogP contribution < -0.4 is 24.4 Å². The number of hydrogen-bond acceptors (Lipinski definition) is 6. The summed E-state index contributed by atoms with van der Waals surface area (Å²) in [5.74, 6) is 2.28. The standard InChI is InChI=1S/C27H25ClO6/c1-17-14-23-20(16-21(17)28)25(29)27(33-13-7-12-32-19-8-5-4-6-9-19)26(34-23)18-10-11-22(30-2)24(15-18)31-3/h4-6,8-11,14-16H,7,12-13H2,1-3H3. The Hall–Kier alpha value is -3.64. The Kier molecular flexibility index (Phi) is 7.28. The van der Waals surface area contributed by atoms with Crippen LogP contribution in [-0.2, 0) is 0 Å². The molecule has 4 aromatic rings. The first-order valence-electron chi connectivity index (χ1n) is 10.8. The summed E-state index contributed by atoms with van der Waals surface area (Å²) in [7, 11) is 3.11. The van der Waals surface area contributed by atoms with E-state index in [1.165, 1.54) is 0 Å². The highest BCUT2D eigenvalue weighted by atomic mass is 35.5. The van der Waals surface area contributed by atoms with Gasteiger partial charge in [0.05, 0.1) is 32.8 Å². The number of para-hydroxylation sites is 1. The van der Waals surface area contributed by atoms with Crippen LogP contribution in [0.2, 0.25) is 5.02 Å². The molecule has 0 unspecified atom stereocenters. The summed E-state index contributed by atoms with van der Waals surface area (Å²) in [6.45, 7) is 2.57. The molecule has 0 aliphatic heterocycles. The number of ether oxygens (including phenoxy) is 4. The highest BCUT2D eigenvalue weighted by molar-refractivity contribution is 6.32. The minimum atomic E-state index is -0.295. The van der Waals surface area contributed by atoms with E-state index in [-0.39, 0.29) is 17.8 Å². The molecule has 7 heteroatoms. The average Bonchev–Trinajstić information content (AvgIpc) is 2.86. The van der Waals surface area contributed by atoms with E-state index >= 15 is 0 Å². The van der Waals surface area contributed by atoms with E-state index in [1.54, 1.807) is 44.6 Å². The molecule has 3 aromatic carbocycles. The minimum absolute atomic E-state index is 0.111. The van der Waals surface area contributed by atoms with E-state index in [4.69, 9.17) is 35.0 Å². The smallest absolute Gasteiger partial charge is 0.235 e. The van der Waals surface area contributed by atoms with Crippen LogP contribution in [0.15, 0.2) is 69.9 Å². The molecule has 176 valence electrons. The first-order chi connectivity index (χ1) is 16.5. The molecule has 0 saturated heterocycles.